The molecule has 38 heavy (non-hydrogen) atoms. The zero-order valence-corrected chi connectivity index (χ0v) is 22.2. The molecule has 0 aliphatic carbocycles. The second kappa shape index (κ2) is 11.6. The number of aromatic hydroxyl groups is 2. The van der Waals surface area contributed by atoms with E-state index in [-0.39, 0.29) is 36.8 Å². The van der Waals surface area contributed by atoms with Crippen LogP contribution >= 0.6 is 0 Å². The number of hydrogen-bond acceptors (Lipinski definition) is 6. The molecule has 4 aromatic rings. The smallest absolute Gasteiger partial charge is 0.124 e. The van der Waals surface area contributed by atoms with E-state index in [1.807, 2.05) is 52.0 Å². The average Bonchev–Trinajstić information content (AvgIpc) is 2.91. The van der Waals surface area contributed by atoms with Crippen molar-refractivity contribution < 1.29 is 20.4 Å². The fraction of sp³-hybridized carbons (Fsp3) is 0.250. The van der Waals surface area contributed by atoms with E-state index in [1.54, 1.807) is 24.6 Å². The van der Waals surface area contributed by atoms with Crippen molar-refractivity contribution in [3.63, 3.8) is 0 Å². The molecule has 0 saturated carbocycles. The summed E-state index contributed by atoms with van der Waals surface area (Å²) < 4.78 is 0. The van der Waals surface area contributed by atoms with Gasteiger partial charge in [0, 0.05) is 23.6 Å². The van der Waals surface area contributed by atoms with E-state index >= 15 is 0 Å². The summed E-state index contributed by atoms with van der Waals surface area (Å²) in [5.74, 6) is 0.270. The molecule has 0 fully saturated rings. The summed E-state index contributed by atoms with van der Waals surface area (Å²) in [4.78, 5) is 8.69. The molecule has 0 radical (unpaired) electrons. The topological polar surface area (TPSA) is 106 Å². The maximum absolute atomic E-state index is 10.6. The molecular weight excluding hydrogens is 476 g/mol. The van der Waals surface area contributed by atoms with Gasteiger partial charge in [-0.3, -0.25) is 9.98 Å². The Morgan fingerprint density at radius 2 is 1.08 bits per heavy atom. The standard InChI is InChI=1S/C32H34N2O4/c1-19-11-30(37)24(15-33-21(3)17-35)13-28(19)26-9-5-7-23-8-6-10-27(32(23)26)29-14-25(16-34-22(4)18-36)31(38)12-20(29)2/h5-16,21-22,35-38H,17-18H2,1-4H3/b33-15+,34-16+/t21-,22-/m1/s1. The number of aryl methyl sites for hydroxylation is 2. The summed E-state index contributed by atoms with van der Waals surface area (Å²) in [7, 11) is 0. The number of hydrogen-bond donors (Lipinski definition) is 4. The van der Waals surface area contributed by atoms with Crippen LogP contribution in [0.5, 0.6) is 11.5 Å². The van der Waals surface area contributed by atoms with Crippen molar-refractivity contribution in [3.05, 3.63) is 82.9 Å². The average molecular weight is 511 g/mol. The second-order valence-corrected chi connectivity index (χ2v) is 9.78. The van der Waals surface area contributed by atoms with Crippen LogP contribution < -0.4 is 0 Å². The van der Waals surface area contributed by atoms with Crippen LogP contribution in [0.3, 0.4) is 0 Å². The molecule has 0 aliphatic heterocycles. The number of aliphatic imine (C=N–C) groups is 2. The molecule has 0 heterocycles. The fourth-order valence-electron chi connectivity index (χ4n) is 4.51. The predicted molar refractivity (Wildman–Crippen MR) is 156 cm³/mol. The molecule has 0 unspecified atom stereocenters. The number of aliphatic hydroxyl groups is 2. The Morgan fingerprint density at radius 1 is 0.658 bits per heavy atom. The number of benzene rings is 4. The zero-order chi connectivity index (χ0) is 27.4. The van der Waals surface area contributed by atoms with Crippen molar-refractivity contribution in [2.75, 3.05) is 13.2 Å². The second-order valence-electron chi connectivity index (χ2n) is 9.78. The maximum atomic E-state index is 10.6. The predicted octanol–water partition coefficient (Wildman–Crippen LogP) is 5.80. The minimum Gasteiger partial charge on any atom is -0.507 e. The number of fused-ring (bicyclic) bond motifs is 1. The molecule has 0 amide bonds. The Morgan fingerprint density at radius 3 is 1.47 bits per heavy atom. The first-order valence-corrected chi connectivity index (χ1v) is 12.7. The molecule has 196 valence electrons. The van der Waals surface area contributed by atoms with Gasteiger partial charge >= 0.3 is 0 Å². The van der Waals surface area contributed by atoms with Gasteiger partial charge in [-0.1, -0.05) is 36.4 Å². The molecule has 0 saturated heterocycles. The van der Waals surface area contributed by atoms with E-state index in [2.05, 4.69) is 34.3 Å². The number of nitrogens with zero attached hydrogens (tertiary/aromatic N) is 2. The minimum atomic E-state index is -0.265. The number of phenolic OH excluding ortho intramolecular Hbond substituents is 2. The summed E-state index contributed by atoms with van der Waals surface area (Å²) in [5.41, 5.74) is 6.96. The van der Waals surface area contributed by atoms with E-state index in [0.29, 0.717) is 11.1 Å². The van der Waals surface area contributed by atoms with Gasteiger partial charge in [-0.2, -0.15) is 0 Å². The summed E-state index contributed by atoms with van der Waals surface area (Å²) in [6.07, 6.45) is 3.21. The Labute approximate surface area is 223 Å². The fourth-order valence-corrected chi connectivity index (χ4v) is 4.51. The van der Waals surface area contributed by atoms with Gasteiger partial charge in [0.2, 0.25) is 0 Å². The lowest BCUT2D eigenvalue weighted by Gasteiger charge is -2.17. The molecule has 4 N–H and O–H groups in total. The van der Waals surface area contributed by atoms with Gasteiger partial charge in [0.05, 0.1) is 25.3 Å². The normalized spacial score (nSPS) is 13.5. The number of rotatable bonds is 8. The van der Waals surface area contributed by atoms with Gasteiger partial charge in [0.25, 0.3) is 0 Å². The molecule has 0 aliphatic rings. The third kappa shape index (κ3) is 5.62. The van der Waals surface area contributed by atoms with E-state index in [1.165, 1.54) is 0 Å². The van der Waals surface area contributed by atoms with Gasteiger partial charge in [0.15, 0.2) is 0 Å². The van der Waals surface area contributed by atoms with E-state index in [0.717, 1.165) is 44.2 Å². The third-order valence-corrected chi connectivity index (χ3v) is 6.70. The van der Waals surface area contributed by atoms with Gasteiger partial charge < -0.3 is 20.4 Å². The van der Waals surface area contributed by atoms with Crippen LogP contribution in [0.15, 0.2) is 70.6 Å². The Balaban J connectivity index is 1.95. The van der Waals surface area contributed by atoms with Gasteiger partial charge in [0.1, 0.15) is 11.5 Å². The Kier molecular flexibility index (Phi) is 8.25. The highest BCUT2D eigenvalue weighted by Gasteiger charge is 2.16. The van der Waals surface area contributed by atoms with Gasteiger partial charge in [-0.15, -0.1) is 0 Å². The Hall–Kier alpha value is -4.00. The monoisotopic (exact) mass is 510 g/mol. The highest BCUT2D eigenvalue weighted by molar-refractivity contribution is 6.08. The van der Waals surface area contributed by atoms with Gasteiger partial charge in [-0.25, -0.2) is 0 Å². The lowest BCUT2D eigenvalue weighted by Crippen LogP contribution is -2.04. The van der Waals surface area contributed by atoms with Crippen molar-refractivity contribution in [2.45, 2.75) is 39.8 Å². The highest BCUT2D eigenvalue weighted by atomic mass is 16.3. The molecule has 0 aromatic heterocycles. The first kappa shape index (κ1) is 27.0. The van der Waals surface area contributed by atoms with E-state index in [4.69, 9.17) is 0 Å². The molecule has 2 atom stereocenters. The van der Waals surface area contributed by atoms with Crippen LogP contribution in [0.1, 0.15) is 36.1 Å². The summed E-state index contributed by atoms with van der Waals surface area (Å²) in [6.45, 7) is 7.42. The highest BCUT2D eigenvalue weighted by Crippen LogP contribution is 2.41. The number of aliphatic hydroxyl groups excluding tert-OH is 2. The third-order valence-electron chi connectivity index (χ3n) is 6.70. The summed E-state index contributed by atoms with van der Waals surface area (Å²) in [5, 5.41) is 42.0. The Bertz CT molecular complexity index is 1410. The van der Waals surface area contributed by atoms with Crippen molar-refractivity contribution in [3.8, 4) is 33.8 Å². The SMILES string of the molecule is Cc1cc(O)c(/C=N/[C@H](C)CO)cc1-c1cccc2cccc(-c3cc(/C=N/[C@H](C)CO)c(O)cc3C)c12. The number of phenols is 2. The quantitative estimate of drug-likeness (QED) is 0.225. The van der Waals surface area contributed by atoms with Crippen LogP contribution in [0.25, 0.3) is 33.0 Å². The van der Waals surface area contributed by atoms with E-state index < -0.39 is 0 Å². The van der Waals surface area contributed by atoms with Crippen molar-refractivity contribution in [1.29, 1.82) is 0 Å². The van der Waals surface area contributed by atoms with Gasteiger partial charge in [-0.05, 0) is 96.1 Å². The van der Waals surface area contributed by atoms with E-state index in [9.17, 15) is 20.4 Å². The summed E-state index contributed by atoms with van der Waals surface area (Å²) >= 11 is 0. The zero-order valence-electron chi connectivity index (χ0n) is 22.2. The molecule has 0 spiro atoms. The minimum absolute atomic E-state index is 0.0692. The first-order chi connectivity index (χ1) is 18.2. The molecule has 4 rings (SSSR count). The molecular formula is C32H34N2O4. The van der Waals surface area contributed by atoms with Crippen LogP contribution in [-0.2, 0) is 0 Å². The van der Waals surface area contributed by atoms with Crippen molar-refractivity contribution >= 4 is 23.2 Å². The van der Waals surface area contributed by atoms with Crippen LogP contribution in [0.4, 0.5) is 0 Å². The van der Waals surface area contributed by atoms with Crippen molar-refractivity contribution in [2.24, 2.45) is 9.98 Å². The van der Waals surface area contributed by atoms with Crippen LogP contribution in [0, 0.1) is 13.8 Å². The molecule has 6 heteroatoms. The van der Waals surface area contributed by atoms with Crippen LogP contribution in [0.2, 0.25) is 0 Å². The first-order valence-electron chi connectivity index (χ1n) is 12.7. The van der Waals surface area contributed by atoms with Crippen molar-refractivity contribution in [1.82, 2.24) is 0 Å². The lowest BCUT2D eigenvalue weighted by molar-refractivity contribution is 0.274. The molecule has 4 aromatic carbocycles. The lowest BCUT2D eigenvalue weighted by atomic mass is 9.87. The maximum Gasteiger partial charge on any atom is 0.124 e. The largest absolute Gasteiger partial charge is 0.507 e. The molecule has 6 nitrogen and oxygen atoms in total. The summed E-state index contributed by atoms with van der Waals surface area (Å²) in [6, 6.07) is 19.2. The van der Waals surface area contributed by atoms with Crippen LogP contribution in [-0.4, -0.2) is 58.2 Å². The molecule has 0 bridgehead atoms.